The summed E-state index contributed by atoms with van der Waals surface area (Å²) in [5, 5.41) is 0. The minimum atomic E-state index is -0.160. The van der Waals surface area contributed by atoms with Crippen molar-refractivity contribution in [3.63, 3.8) is 0 Å². The highest BCUT2D eigenvalue weighted by atomic mass is 19.1. The van der Waals surface area contributed by atoms with Crippen LogP contribution in [0.5, 0.6) is 0 Å². The molecular weight excluding hydrogens is 307 g/mol. The third-order valence-corrected chi connectivity index (χ3v) is 5.98. The summed E-state index contributed by atoms with van der Waals surface area (Å²) in [5.41, 5.74) is 0.873. The van der Waals surface area contributed by atoms with Crippen LogP contribution in [0.2, 0.25) is 0 Å². The van der Waals surface area contributed by atoms with Crippen molar-refractivity contribution < 1.29 is 13.9 Å². The third-order valence-electron chi connectivity index (χ3n) is 5.98. The molecule has 1 aromatic rings. The molecule has 24 heavy (non-hydrogen) atoms. The number of rotatable bonds is 2. The molecule has 0 N–H and O–H groups in total. The van der Waals surface area contributed by atoms with E-state index in [4.69, 9.17) is 4.74 Å². The zero-order chi connectivity index (χ0) is 16.6. The van der Waals surface area contributed by atoms with Crippen molar-refractivity contribution in [1.29, 1.82) is 0 Å². The van der Waals surface area contributed by atoms with Gasteiger partial charge in [-0.1, -0.05) is 12.1 Å². The fourth-order valence-corrected chi connectivity index (χ4v) is 4.48. The van der Waals surface area contributed by atoms with E-state index in [2.05, 4.69) is 9.80 Å². The number of carbonyl (C=O) groups is 1. The predicted octanol–water partition coefficient (Wildman–Crippen LogP) is 2.82. The predicted molar refractivity (Wildman–Crippen MR) is 90.5 cm³/mol. The number of nitrogens with zero attached hydrogens (tertiary/aromatic N) is 2. The number of piperidine rings is 2. The Morgan fingerprint density at radius 2 is 1.96 bits per heavy atom. The number of likely N-dealkylation sites (tertiary alicyclic amines) is 1. The number of halogens is 1. The summed E-state index contributed by atoms with van der Waals surface area (Å²) in [5.74, 6) is 0.129. The van der Waals surface area contributed by atoms with Gasteiger partial charge in [-0.3, -0.25) is 4.79 Å². The van der Waals surface area contributed by atoms with Crippen LogP contribution in [0.3, 0.4) is 0 Å². The second-order valence-electron chi connectivity index (χ2n) is 7.49. The maximum Gasteiger partial charge on any atom is 0.222 e. The van der Waals surface area contributed by atoms with Crippen molar-refractivity contribution in [2.75, 3.05) is 37.7 Å². The fourth-order valence-electron chi connectivity index (χ4n) is 4.48. The molecule has 1 spiro atoms. The van der Waals surface area contributed by atoms with E-state index < -0.39 is 0 Å². The first-order chi connectivity index (χ1) is 11.7. The van der Waals surface area contributed by atoms with E-state index in [1.54, 1.807) is 6.07 Å². The maximum absolute atomic E-state index is 14.0. The Balaban J connectivity index is 1.41. The monoisotopic (exact) mass is 332 g/mol. The van der Waals surface area contributed by atoms with Crippen LogP contribution in [0.25, 0.3) is 0 Å². The minimum absolute atomic E-state index is 0.160. The van der Waals surface area contributed by atoms with E-state index in [-0.39, 0.29) is 17.1 Å². The first-order valence-corrected chi connectivity index (χ1v) is 9.04. The average molecular weight is 332 g/mol. The highest BCUT2D eigenvalue weighted by molar-refractivity contribution is 5.77. The number of anilines is 1. The van der Waals surface area contributed by atoms with Crippen molar-refractivity contribution in [1.82, 2.24) is 4.90 Å². The second-order valence-corrected chi connectivity index (χ2v) is 7.49. The number of para-hydroxylation sites is 1. The van der Waals surface area contributed by atoms with Gasteiger partial charge in [0, 0.05) is 44.1 Å². The smallest absolute Gasteiger partial charge is 0.222 e. The Kier molecular flexibility index (Phi) is 4.21. The van der Waals surface area contributed by atoms with Gasteiger partial charge >= 0.3 is 0 Å². The fraction of sp³-hybridized carbons (Fsp3) is 0.632. The molecule has 3 fully saturated rings. The third kappa shape index (κ3) is 2.90. The van der Waals surface area contributed by atoms with Gasteiger partial charge in [0.05, 0.1) is 12.3 Å². The molecule has 3 aliphatic rings. The molecule has 0 unspecified atom stereocenters. The van der Waals surface area contributed by atoms with Gasteiger partial charge in [0.25, 0.3) is 0 Å². The van der Waals surface area contributed by atoms with E-state index in [0.717, 1.165) is 58.5 Å². The average Bonchev–Trinajstić information content (AvgIpc) is 3.06. The number of benzene rings is 1. The lowest BCUT2D eigenvalue weighted by Gasteiger charge is -2.46. The molecule has 3 heterocycles. The summed E-state index contributed by atoms with van der Waals surface area (Å²) in [6.07, 6.45) is 4.52. The topological polar surface area (TPSA) is 32.8 Å². The van der Waals surface area contributed by atoms with Crippen molar-refractivity contribution in [2.24, 2.45) is 5.41 Å². The lowest BCUT2D eigenvalue weighted by molar-refractivity contribution is -0.141. The van der Waals surface area contributed by atoms with E-state index in [1.807, 2.05) is 12.1 Å². The molecule has 0 radical (unpaired) electrons. The summed E-state index contributed by atoms with van der Waals surface area (Å²) in [4.78, 5) is 16.7. The van der Waals surface area contributed by atoms with E-state index in [1.165, 1.54) is 6.07 Å². The van der Waals surface area contributed by atoms with Crippen LogP contribution in [-0.4, -0.2) is 49.7 Å². The summed E-state index contributed by atoms with van der Waals surface area (Å²) >= 11 is 0. The van der Waals surface area contributed by atoms with Crippen molar-refractivity contribution in [2.45, 2.75) is 38.1 Å². The molecule has 0 saturated carbocycles. The highest BCUT2D eigenvalue weighted by Crippen LogP contribution is 2.39. The largest absolute Gasteiger partial charge is 0.381 e. The van der Waals surface area contributed by atoms with E-state index in [0.29, 0.717) is 18.2 Å². The molecule has 130 valence electrons. The molecule has 1 aromatic carbocycles. The van der Waals surface area contributed by atoms with Crippen LogP contribution >= 0.6 is 0 Å². The molecule has 1 amide bonds. The molecular formula is C19H25FN2O2. The van der Waals surface area contributed by atoms with Crippen molar-refractivity contribution in [3.8, 4) is 0 Å². The Morgan fingerprint density at radius 3 is 2.67 bits per heavy atom. The molecule has 3 saturated heterocycles. The van der Waals surface area contributed by atoms with Gasteiger partial charge in [-0.2, -0.15) is 0 Å². The SMILES string of the molecule is O=C1CC[C@@]2(CCOC2)CN1C1CCN(c2ccccc2F)CC1. The lowest BCUT2D eigenvalue weighted by atomic mass is 9.78. The summed E-state index contributed by atoms with van der Waals surface area (Å²) in [6.45, 7) is 4.08. The molecule has 0 bridgehead atoms. The molecule has 4 rings (SSSR count). The number of carbonyl (C=O) groups excluding carboxylic acids is 1. The van der Waals surface area contributed by atoms with Crippen LogP contribution in [0.15, 0.2) is 24.3 Å². The van der Waals surface area contributed by atoms with E-state index in [9.17, 15) is 9.18 Å². The molecule has 1 atom stereocenters. The highest BCUT2D eigenvalue weighted by Gasteiger charge is 2.43. The van der Waals surface area contributed by atoms with Crippen molar-refractivity contribution in [3.05, 3.63) is 30.1 Å². The number of amides is 1. The van der Waals surface area contributed by atoms with Gasteiger partial charge in [0.1, 0.15) is 5.82 Å². The number of hydrogen-bond acceptors (Lipinski definition) is 3. The molecule has 0 aromatic heterocycles. The normalized spacial score (nSPS) is 28.8. The van der Waals surface area contributed by atoms with Crippen LogP contribution in [0.1, 0.15) is 32.1 Å². The van der Waals surface area contributed by atoms with Crippen LogP contribution in [0, 0.1) is 11.2 Å². The Bertz CT molecular complexity index is 607. The van der Waals surface area contributed by atoms with Gasteiger partial charge in [-0.25, -0.2) is 4.39 Å². The van der Waals surface area contributed by atoms with Gasteiger partial charge < -0.3 is 14.5 Å². The zero-order valence-electron chi connectivity index (χ0n) is 14.0. The first kappa shape index (κ1) is 15.9. The van der Waals surface area contributed by atoms with E-state index >= 15 is 0 Å². The van der Waals surface area contributed by atoms with Gasteiger partial charge in [0.2, 0.25) is 5.91 Å². The van der Waals surface area contributed by atoms with Crippen LogP contribution < -0.4 is 4.90 Å². The lowest BCUT2D eigenvalue weighted by Crippen LogP contribution is -2.54. The minimum Gasteiger partial charge on any atom is -0.381 e. The second kappa shape index (κ2) is 6.36. The molecule has 3 aliphatic heterocycles. The standard InChI is InChI=1S/C19H25FN2O2/c20-16-3-1-2-4-17(16)21-10-6-15(7-11-21)22-13-19(8-5-18(22)23)9-12-24-14-19/h1-4,15H,5-14H2/t19-/m1/s1. The number of hydrogen-bond donors (Lipinski definition) is 0. The quantitative estimate of drug-likeness (QED) is 0.835. The van der Waals surface area contributed by atoms with Gasteiger partial charge in [-0.05, 0) is 37.8 Å². The van der Waals surface area contributed by atoms with Gasteiger partial charge in [0.15, 0.2) is 0 Å². The maximum atomic E-state index is 14.0. The van der Waals surface area contributed by atoms with Crippen LogP contribution in [-0.2, 0) is 9.53 Å². The molecule has 0 aliphatic carbocycles. The Morgan fingerprint density at radius 1 is 1.17 bits per heavy atom. The zero-order valence-corrected chi connectivity index (χ0v) is 14.0. The van der Waals surface area contributed by atoms with Crippen molar-refractivity contribution >= 4 is 11.6 Å². The first-order valence-electron chi connectivity index (χ1n) is 9.04. The molecule has 5 heteroatoms. The van der Waals surface area contributed by atoms with Crippen LogP contribution in [0.4, 0.5) is 10.1 Å². The summed E-state index contributed by atoms with van der Waals surface area (Å²) in [7, 11) is 0. The summed E-state index contributed by atoms with van der Waals surface area (Å²) in [6, 6.07) is 7.24. The Hall–Kier alpha value is -1.62. The number of ether oxygens (including phenoxy) is 1. The Labute approximate surface area is 142 Å². The molecule has 4 nitrogen and oxygen atoms in total. The van der Waals surface area contributed by atoms with Gasteiger partial charge in [-0.15, -0.1) is 0 Å². The summed E-state index contributed by atoms with van der Waals surface area (Å²) < 4.78 is 19.6.